The molecule has 106 valence electrons. The van der Waals surface area contributed by atoms with Crippen molar-refractivity contribution in [2.45, 2.75) is 6.42 Å². The van der Waals surface area contributed by atoms with Gasteiger partial charge in [-0.15, -0.1) is 0 Å². The minimum Gasteiger partial charge on any atom is -0.464 e. The number of carbonyl (C=O) groups excluding carboxylic acids is 1. The first kappa shape index (κ1) is 15.5. The van der Waals surface area contributed by atoms with Crippen molar-refractivity contribution in [3.63, 3.8) is 0 Å². The number of rotatable bonds is 10. The number of ether oxygens (including phenoxy) is 3. The van der Waals surface area contributed by atoms with Gasteiger partial charge in [-0.1, -0.05) is 18.2 Å². The van der Waals surface area contributed by atoms with E-state index in [9.17, 15) is 4.79 Å². The molecule has 0 saturated heterocycles. The minimum atomic E-state index is -0.263. The van der Waals surface area contributed by atoms with Gasteiger partial charge in [-0.25, -0.2) is 0 Å². The standard InChI is InChI=1S/C14H21NO4/c1-17-10-11-18-8-5-9-19-14(16)12-15-13-6-3-2-4-7-13/h2-4,6-7,15H,5,8-12H2,1H3. The van der Waals surface area contributed by atoms with Crippen LogP contribution >= 0.6 is 0 Å². The number of methoxy groups -OCH3 is 1. The maximum Gasteiger partial charge on any atom is 0.325 e. The third-order valence-electron chi connectivity index (χ3n) is 2.34. The molecule has 0 atom stereocenters. The molecule has 0 unspecified atom stereocenters. The normalized spacial score (nSPS) is 10.2. The van der Waals surface area contributed by atoms with E-state index in [1.165, 1.54) is 0 Å². The van der Waals surface area contributed by atoms with E-state index in [1.807, 2.05) is 30.3 Å². The van der Waals surface area contributed by atoms with Crippen molar-refractivity contribution in [2.75, 3.05) is 45.4 Å². The Morgan fingerprint density at radius 2 is 1.89 bits per heavy atom. The summed E-state index contributed by atoms with van der Waals surface area (Å²) in [5.41, 5.74) is 0.905. The Balaban J connectivity index is 1.96. The van der Waals surface area contributed by atoms with Crippen LogP contribution in [-0.2, 0) is 19.0 Å². The zero-order chi connectivity index (χ0) is 13.8. The molecule has 1 aromatic rings. The fraction of sp³-hybridized carbons (Fsp3) is 0.500. The summed E-state index contributed by atoms with van der Waals surface area (Å²) >= 11 is 0. The first-order valence-electron chi connectivity index (χ1n) is 6.34. The molecule has 19 heavy (non-hydrogen) atoms. The molecule has 0 bridgehead atoms. The Kier molecular flexibility index (Phi) is 8.42. The number of para-hydroxylation sites is 1. The van der Waals surface area contributed by atoms with E-state index in [0.29, 0.717) is 32.8 Å². The summed E-state index contributed by atoms with van der Waals surface area (Å²) in [7, 11) is 1.63. The average Bonchev–Trinajstić information content (AvgIpc) is 2.45. The lowest BCUT2D eigenvalue weighted by Gasteiger charge is -2.07. The second kappa shape index (κ2) is 10.3. The fourth-order valence-electron chi connectivity index (χ4n) is 1.37. The van der Waals surface area contributed by atoms with Crippen LogP contribution in [0.1, 0.15) is 6.42 Å². The Bertz CT molecular complexity index is 343. The fourth-order valence-corrected chi connectivity index (χ4v) is 1.37. The molecule has 5 heteroatoms. The van der Waals surface area contributed by atoms with Crippen molar-refractivity contribution in [1.82, 2.24) is 0 Å². The van der Waals surface area contributed by atoms with Crippen LogP contribution in [0.3, 0.4) is 0 Å². The second-order valence-electron chi connectivity index (χ2n) is 3.90. The van der Waals surface area contributed by atoms with Crippen molar-refractivity contribution >= 4 is 11.7 Å². The van der Waals surface area contributed by atoms with E-state index in [-0.39, 0.29) is 12.5 Å². The molecule has 0 aliphatic heterocycles. The molecule has 0 aliphatic rings. The van der Waals surface area contributed by atoms with Crippen molar-refractivity contribution < 1.29 is 19.0 Å². The smallest absolute Gasteiger partial charge is 0.325 e. The van der Waals surface area contributed by atoms with Crippen molar-refractivity contribution in [3.05, 3.63) is 30.3 Å². The largest absolute Gasteiger partial charge is 0.464 e. The highest BCUT2D eigenvalue weighted by atomic mass is 16.5. The third kappa shape index (κ3) is 8.18. The van der Waals surface area contributed by atoms with E-state index in [2.05, 4.69) is 5.32 Å². The number of anilines is 1. The van der Waals surface area contributed by atoms with E-state index < -0.39 is 0 Å². The van der Waals surface area contributed by atoms with Gasteiger partial charge in [0.1, 0.15) is 6.54 Å². The van der Waals surface area contributed by atoms with Gasteiger partial charge in [0.2, 0.25) is 0 Å². The Morgan fingerprint density at radius 3 is 2.63 bits per heavy atom. The van der Waals surface area contributed by atoms with E-state index >= 15 is 0 Å². The zero-order valence-corrected chi connectivity index (χ0v) is 11.3. The molecule has 0 aromatic heterocycles. The predicted molar refractivity (Wildman–Crippen MR) is 73.2 cm³/mol. The Morgan fingerprint density at radius 1 is 1.11 bits per heavy atom. The summed E-state index contributed by atoms with van der Waals surface area (Å²) in [4.78, 5) is 11.4. The molecule has 0 heterocycles. The van der Waals surface area contributed by atoms with Gasteiger partial charge in [0.05, 0.1) is 19.8 Å². The van der Waals surface area contributed by atoms with Crippen LogP contribution in [0, 0.1) is 0 Å². The zero-order valence-electron chi connectivity index (χ0n) is 11.3. The molecule has 0 saturated carbocycles. The van der Waals surface area contributed by atoms with E-state index in [0.717, 1.165) is 5.69 Å². The average molecular weight is 267 g/mol. The Labute approximate surface area is 113 Å². The van der Waals surface area contributed by atoms with Gasteiger partial charge in [0.15, 0.2) is 0 Å². The lowest BCUT2D eigenvalue weighted by Crippen LogP contribution is -2.18. The molecular weight excluding hydrogens is 246 g/mol. The van der Waals surface area contributed by atoms with Crippen molar-refractivity contribution in [2.24, 2.45) is 0 Å². The van der Waals surface area contributed by atoms with Crippen LogP contribution in [0.4, 0.5) is 5.69 Å². The number of nitrogens with one attached hydrogen (secondary N) is 1. The van der Waals surface area contributed by atoms with Gasteiger partial charge in [-0.05, 0) is 12.1 Å². The first-order chi connectivity index (χ1) is 9.33. The number of hydrogen-bond donors (Lipinski definition) is 1. The van der Waals surface area contributed by atoms with Crippen LogP contribution in [0.2, 0.25) is 0 Å². The first-order valence-corrected chi connectivity index (χ1v) is 6.34. The highest BCUT2D eigenvalue weighted by Gasteiger charge is 2.01. The van der Waals surface area contributed by atoms with Gasteiger partial charge < -0.3 is 19.5 Å². The number of benzene rings is 1. The van der Waals surface area contributed by atoms with Crippen LogP contribution in [0.15, 0.2) is 30.3 Å². The number of hydrogen-bond acceptors (Lipinski definition) is 5. The lowest BCUT2D eigenvalue weighted by molar-refractivity contribution is -0.141. The molecule has 0 spiro atoms. The van der Waals surface area contributed by atoms with Gasteiger partial charge in [0, 0.05) is 25.8 Å². The summed E-state index contributed by atoms with van der Waals surface area (Å²) in [5.74, 6) is -0.263. The summed E-state index contributed by atoms with van der Waals surface area (Å²) < 4.78 is 15.2. The molecule has 1 N–H and O–H groups in total. The predicted octanol–water partition coefficient (Wildman–Crippen LogP) is 1.69. The molecular formula is C14H21NO4. The molecule has 0 radical (unpaired) electrons. The molecule has 1 aromatic carbocycles. The number of esters is 1. The molecule has 5 nitrogen and oxygen atoms in total. The SMILES string of the molecule is COCCOCCCOC(=O)CNc1ccccc1. The van der Waals surface area contributed by atoms with E-state index in [4.69, 9.17) is 14.2 Å². The molecule has 1 rings (SSSR count). The van der Waals surface area contributed by atoms with Crippen LogP contribution < -0.4 is 5.32 Å². The van der Waals surface area contributed by atoms with Crippen LogP contribution in [0.5, 0.6) is 0 Å². The van der Waals surface area contributed by atoms with Gasteiger partial charge in [-0.3, -0.25) is 4.79 Å². The second-order valence-corrected chi connectivity index (χ2v) is 3.90. The van der Waals surface area contributed by atoms with Crippen molar-refractivity contribution in [1.29, 1.82) is 0 Å². The highest BCUT2D eigenvalue weighted by molar-refractivity contribution is 5.74. The maximum atomic E-state index is 11.4. The van der Waals surface area contributed by atoms with Crippen LogP contribution in [-0.4, -0.2) is 46.1 Å². The minimum absolute atomic E-state index is 0.175. The van der Waals surface area contributed by atoms with E-state index in [1.54, 1.807) is 7.11 Å². The highest BCUT2D eigenvalue weighted by Crippen LogP contribution is 2.03. The summed E-state index contributed by atoms with van der Waals surface area (Å²) in [6.07, 6.45) is 0.695. The van der Waals surface area contributed by atoms with Crippen LogP contribution in [0.25, 0.3) is 0 Å². The molecule has 0 aliphatic carbocycles. The Hall–Kier alpha value is -1.59. The van der Waals surface area contributed by atoms with Gasteiger partial charge >= 0.3 is 5.97 Å². The van der Waals surface area contributed by atoms with Crippen molar-refractivity contribution in [3.8, 4) is 0 Å². The molecule has 0 fully saturated rings. The molecule has 0 amide bonds. The number of carbonyl (C=O) groups is 1. The van der Waals surface area contributed by atoms with Gasteiger partial charge in [-0.2, -0.15) is 0 Å². The third-order valence-corrected chi connectivity index (χ3v) is 2.34. The quantitative estimate of drug-likeness (QED) is 0.516. The lowest BCUT2D eigenvalue weighted by atomic mass is 10.3. The maximum absolute atomic E-state index is 11.4. The summed E-state index contributed by atoms with van der Waals surface area (Å²) in [6, 6.07) is 9.54. The monoisotopic (exact) mass is 267 g/mol. The topological polar surface area (TPSA) is 56.8 Å². The summed E-state index contributed by atoms with van der Waals surface area (Å²) in [5, 5.41) is 2.99. The summed E-state index contributed by atoms with van der Waals surface area (Å²) in [6.45, 7) is 2.28. The van der Waals surface area contributed by atoms with Gasteiger partial charge in [0.25, 0.3) is 0 Å².